The van der Waals surface area contributed by atoms with E-state index in [1.165, 1.54) is 6.07 Å². The van der Waals surface area contributed by atoms with Gasteiger partial charge >= 0.3 is 5.97 Å². The molecule has 3 aliphatic rings. The summed E-state index contributed by atoms with van der Waals surface area (Å²) in [6.07, 6.45) is 1.87. The number of carboxylic acids is 1. The number of carbonyl (C=O) groups excluding carboxylic acids is 1. The Morgan fingerprint density at radius 1 is 1.08 bits per heavy atom. The van der Waals surface area contributed by atoms with Crippen LogP contribution in [0.4, 0.5) is 10.1 Å². The van der Waals surface area contributed by atoms with Crippen molar-refractivity contribution in [3.05, 3.63) is 76.6 Å². The number of aryl methyl sites for hydroxylation is 1. The van der Waals surface area contributed by atoms with Crippen LogP contribution in [-0.2, 0) is 22.4 Å². The van der Waals surface area contributed by atoms with E-state index < -0.39 is 12.1 Å². The number of nitrogens with one attached hydrogen (secondary N) is 1. The fraction of sp³-hybridized carbons (Fsp3) is 0.286. The van der Waals surface area contributed by atoms with Gasteiger partial charge in [0.25, 0.3) is 0 Å². The molecule has 0 saturated carbocycles. The molecular weight excluding hydrogens is 465 g/mol. The van der Waals surface area contributed by atoms with Gasteiger partial charge in [0.1, 0.15) is 34.9 Å². The topological polar surface area (TPSA) is 94.1 Å². The molecule has 1 aliphatic carbocycles. The van der Waals surface area contributed by atoms with Crippen molar-refractivity contribution < 1.29 is 33.3 Å². The number of fused-ring (bicyclic) bond motifs is 3. The zero-order chi connectivity index (χ0) is 24.8. The Morgan fingerprint density at radius 3 is 2.81 bits per heavy atom. The van der Waals surface area contributed by atoms with Crippen LogP contribution in [0.15, 0.2) is 48.5 Å². The predicted octanol–water partition coefficient (Wildman–Crippen LogP) is 5.52. The lowest BCUT2D eigenvalue weighted by molar-refractivity contribution is -0.137. The Labute approximate surface area is 206 Å². The molecule has 36 heavy (non-hydrogen) atoms. The van der Waals surface area contributed by atoms with Crippen LogP contribution in [0.3, 0.4) is 0 Å². The first kappa shape index (κ1) is 22.4. The maximum atomic E-state index is 15.0. The Morgan fingerprint density at radius 2 is 1.94 bits per heavy atom. The highest BCUT2D eigenvalue weighted by atomic mass is 19.1. The van der Waals surface area contributed by atoms with Gasteiger partial charge in [0.15, 0.2) is 0 Å². The lowest BCUT2D eigenvalue weighted by Crippen LogP contribution is -2.18. The van der Waals surface area contributed by atoms with Crippen LogP contribution in [0.5, 0.6) is 23.0 Å². The maximum Gasteiger partial charge on any atom is 0.304 e. The van der Waals surface area contributed by atoms with E-state index in [1.807, 2.05) is 18.2 Å². The average Bonchev–Trinajstić information content (AvgIpc) is 3.45. The molecule has 0 radical (unpaired) electrons. The van der Waals surface area contributed by atoms with E-state index in [-0.39, 0.29) is 24.1 Å². The van der Waals surface area contributed by atoms with Gasteiger partial charge < -0.3 is 24.6 Å². The van der Waals surface area contributed by atoms with Gasteiger partial charge in [-0.05, 0) is 49.1 Å². The number of carboxylic acid groups (broad SMARTS) is 1. The largest absolute Gasteiger partial charge is 0.492 e. The highest BCUT2D eigenvalue weighted by Crippen LogP contribution is 2.44. The van der Waals surface area contributed by atoms with Gasteiger partial charge in [-0.3, -0.25) is 9.59 Å². The molecule has 1 unspecified atom stereocenters. The highest BCUT2D eigenvalue weighted by Gasteiger charge is 2.32. The summed E-state index contributed by atoms with van der Waals surface area (Å²) in [7, 11) is 0. The second-order valence-corrected chi connectivity index (χ2v) is 9.36. The molecule has 6 rings (SSSR count). The molecule has 2 heterocycles. The Bertz CT molecular complexity index is 1390. The van der Waals surface area contributed by atoms with Gasteiger partial charge in [-0.15, -0.1) is 0 Å². The zero-order valence-corrected chi connectivity index (χ0v) is 19.4. The van der Waals surface area contributed by atoms with Crippen LogP contribution in [0.1, 0.15) is 53.5 Å². The first-order chi connectivity index (χ1) is 17.4. The SMILES string of the molecule is O=C(O)CC1COc2cc(O[C@@H]3CCc4c(Oc5ccc6c(c5)NC(=O)CC6)ccc(F)c43)ccc21. The summed E-state index contributed by atoms with van der Waals surface area (Å²) in [4.78, 5) is 22.8. The van der Waals surface area contributed by atoms with Crippen LogP contribution in [-0.4, -0.2) is 23.6 Å². The van der Waals surface area contributed by atoms with Crippen LogP contribution in [0.2, 0.25) is 0 Å². The summed E-state index contributed by atoms with van der Waals surface area (Å²) in [5.74, 6) is 0.857. The summed E-state index contributed by atoms with van der Waals surface area (Å²) >= 11 is 0. The number of hydrogen-bond donors (Lipinski definition) is 2. The molecule has 184 valence electrons. The second kappa shape index (κ2) is 8.86. The molecular formula is C28H24FNO6. The van der Waals surface area contributed by atoms with Crippen LogP contribution in [0.25, 0.3) is 0 Å². The van der Waals surface area contributed by atoms with Gasteiger partial charge in [0.05, 0.1) is 13.0 Å². The Balaban J connectivity index is 1.22. The Hall–Kier alpha value is -4.07. The van der Waals surface area contributed by atoms with E-state index in [2.05, 4.69) is 5.32 Å². The van der Waals surface area contributed by atoms with Gasteiger partial charge in [-0.25, -0.2) is 4.39 Å². The third-order valence-corrected chi connectivity index (χ3v) is 7.01. The van der Waals surface area contributed by atoms with Crippen molar-refractivity contribution in [3.63, 3.8) is 0 Å². The molecule has 2 aliphatic heterocycles. The number of hydrogen-bond acceptors (Lipinski definition) is 5. The molecule has 0 aromatic heterocycles. The minimum atomic E-state index is -0.868. The van der Waals surface area contributed by atoms with E-state index in [9.17, 15) is 14.0 Å². The molecule has 0 fully saturated rings. The average molecular weight is 489 g/mol. The van der Waals surface area contributed by atoms with Crippen LogP contribution >= 0.6 is 0 Å². The molecule has 0 saturated heterocycles. The molecule has 7 nitrogen and oxygen atoms in total. The van der Waals surface area contributed by atoms with Crippen molar-refractivity contribution in [3.8, 4) is 23.0 Å². The van der Waals surface area contributed by atoms with Gasteiger partial charge in [0.2, 0.25) is 5.91 Å². The fourth-order valence-corrected chi connectivity index (χ4v) is 5.27. The Kier molecular flexibility index (Phi) is 5.51. The molecule has 0 bridgehead atoms. The molecule has 2 atom stereocenters. The minimum Gasteiger partial charge on any atom is -0.492 e. The number of carbonyl (C=O) groups is 2. The van der Waals surface area contributed by atoms with Gasteiger partial charge in [-0.2, -0.15) is 0 Å². The number of anilines is 1. The smallest absolute Gasteiger partial charge is 0.304 e. The third kappa shape index (κ3) is 4.12. The monoisotopic (exact) mass is 489 g/mol. The second-order valence-electron chi connectivity index (χ2n) is 9.36. The zero-order valence-electron chi connectivity index (χ0n) is 19.4. The first-order valence-electron chi connectivity index (χ1n) is 12.0. The normalized spacial score (nSPS) is 19.5. The number of halogens is 1. The van der Waals surface area contributed by atoms with Crippen LogP contribution in [0, 0.1) is 5.82 Å². The summed E-state index contributed by atoms with van der Waals surface area (Å²) in [5, 5.41) is 12.0. The summed E-state index contributed by atoms with van der Waals surface area (Å²) in [6.45, 7) is 0.319. The number of aliphatic carboxylic acids is 1. The van der Waals surface area contributed by atoms with Crippen molar-refractivity contribution in [1.82, 2.24) is 0 Å². The maximum absolute atomic E-state index is 15.0. The predicted molar refractivity (Wildman–Crippen MR) is 128 cm³/mol. The highest BCUT2D eigenvalue weighted by molar-refractivity contribution is 5.94. The molecule has 8 heteroatoms. The van der Waals surface area contributed by atoms with Crippen molar-refractivity contribution in [2.45, 2.75) is 44.1 Å². The third-order valence-electron chi connectivity index (χ3n) is 7.01. The summed E-state index contributed by atoms with van der Waals surface area (Å²) in [6, 6.07) is 14.0. The molecule has 3 aromatic carbocycles. The fourth-order valence-electron chi connectivity index (χ4n) is 5.27. The number of amides is 1. The van der Waals surface area contributed by atoms with E-state index in [0.29, 0.717) is 60.9 Å². The molecule has 3 aromatic rings. The molecule has 0 spiro atoms. The van der Waals surface area contributed by atoms with Crippen molar-refractivity contribution >= 4 is 17.6 Å². The van der Waals surface area contributed by atoms with Gasteiger partial charge in [0, 0.05) is 46.8 Å². The minimum absolute atomic E-state index is 0.00772. The van der Waals surface area contributed by atoms with E-state index in [4.69, 9.17) is 19.3 Å². The van der Waals surface area contributed by atoms with Crippen molar-refractivity contribution in [2.75, 3.05) is 11.9 Å². The van der Waals surface area contributed by atoms with Crippen LogP contribution < -0.4 is 19.5 Å². The molecule has 1 amide bonds. The van der Waals surface area contributed by atoms with E-state index >= 15 is 0 Å². The quantitative estimate of drug-likeness (QED) is 0.474. The van der Waals surface area contributed by atoms with Gasteiger partial charge in [-0.1, -0.05) is 12.1 Å². The summed E-state index contributed by atoms with van der Waals surface area (Å²) in [5.41, 5.74) is 3.89. The lowest BCUT2D eigenvalue weighted by Gasteiger charge is -2.19. The van der Waals surface area contributed by atoms with Crippen molar-refractivity contribution in [1.29, 1.82) is 0 Å². The van der Waals surface area contributed by atoms with E-state index in [0.717, 1.165) is 22.4 Å². The lowest BCUT2D eigenvalue weighted by atomic mass is 9.98. The number of rotatable bonds is 6. The standard InChI is InChI=1S/C28H24FNO6/c29-21-7-9-23(35-17-3-1-15-2-10-26(31)30-22(15)12-17)20-6-8-24(28(20)21)36-18-4-5-19-16(11-27(32)33)14-34-25(19)13-18/h1,3-5,7,9,12-13,16,24H,2,6,8,10-11,14H2,(H,30,31)(H,32,33)/t16?,24-/m1/s1. The summed E-state index contributed by atoms with van der Waals surface area (Å²) < 4.78 is 33.0. The number of ether oxygens (including phenoxy) is 3. The number of benzene rings is 3. The van der Waals surface area contributed by atoms with E-state index in [1.54, 1.807) is 24.3 Å². The molecule has 2 N–H and O–H groups in total. The van der Waals surface area contributed by atoms with Crippen molar-refractivity contribution in [2.24, 2.45) is 0 Å². The first-order valence-corrected chi connectivity index (χ1v) is 12.0.